The van der Waals surface area contributed by atoms with Gasteiger partial charge in [-0.3, -0.25) is 9.59 Å². The van der Waals surface area contributed by atoms with E-state index in [-0.39, 0.29) is 29.7 Å². The Morgan fingerprint density at radius 3 is 2.55 bits per heavy atom. The fourth-order valence-electron chi connectivity index (χ4n) is 4.56. The molecule has 4 rings (SSSR count). The first-order valence-electron chi connectivity index (χ1n) is 12.6. The Balaban J connectivity index is 1.43. The van der Waals surface area contributed by atoms with Crippen LogP contribution < -0.4 is 10.6 Å². The highest BCUT2D eigenvalue weighted by atomic mass is 79.9. The van der Waals surface area contributed by atoms with Gasteiger partial charge in [-0.25, -0.2) is 8.42 Å². The fourth-order valence-corrected chi connectivity index (χ4v) is 6.32. The molecule has 2 aromatic carbocycles. The van der Waals surface area contributed by atoms with Crippen molar-refractivity contribution in [2.75, 3.05) is 13.1 Å². The standard InChI is InChI=1S/C27H32BrN3O6S/c1-17(2)14-22(30-27(34)25-15-18-6-3-4-8-24(18)37-25)26(33)29-21-7-5-13-31(16-23(21)32)38(35,36)20-11-9-19(28)10-12-20/h3-4,6,8-12,15,17,21-23,32H,5,7,13-14,16H2,1-2H3,(H,29,33)(H,30,34)/t21?,22-,23?/m0/s1. The summed E-state index contributed by atoms with van der Waals surface area (Å²) in [4.78, 5) is 26.3. The quantitative estimate of drug-likeness (QED) is 0.359. The Labute approximate surface area is 230 Å². The lowest BCUT2D eigenvalue weighted by molar-refractivity contribution is -0.125. The summed E-state index contributed by atoms with van der Waals surface area (Å²) in [6.45, 7) is 3.96. The highest BCUT2D eigenvalue weighted by molar-refractivity contribution is 9.10. The molecule has 0 spiro atoms. The number of rotatable bonds is 8. The summed E-state index contributed by atoms with van der Waals surface area (Å²) in [6.07, 6.45) is 0.117. The van der Waals surface area contributed by atoms with Crippen LogP contribution in [0.2, 0.25) is 0 Å². The molecule has 9 nitrogen and oxygen atoms in total. The number of sulfonamides is 1. The normalized spacial score (nSPS) is 19.7. The summed E-state index contributed by atoms with van der Waals surface area (Å²) in [5.74, 6) is -0.727. The van der Waals surface area contributed by atoms with E-state index in [0.29, 0.717) is 24.8 Å². The maximum atomic E-state index is 13.3. The van der Waals surface area contributed by atoms with Crippen molar-refractivity contribution in [1.82, 2.24) is 14.9 Å². The molecular formula is C27H32BrN3O6S. The summed E-state index contributed by atoms with van der Waals surface area (Å²) < 4.78 is 33.9. The maximum Gasteiger partial charge on any atom is 0.287 e. The van der Waals surface area contributed by atoms with Crippen molar-refractivity contribution >= 4 is 48.7 Å². The molecule has 204 valence electrons. The number of amides is 2. The minimum absolute atomic E-state index is 0.104. The van der Waals surface area contributed by atoms with Crippen LogP contribution in [0.5, 0.6) is 0 Å². The number of nitrogens with zero attached hydrogens (tertiary/aromatic N) is 1. The number of nitrogens with one attached hydrogen (secondary N) is 2. The van der Waals surface area contributed by atoms with Gasteiger partial charge in [0.25, 0.3) is 5.91 Å². The molecule has 1 aliphatic rings. The van der Waals surface area contributed by atoms with Gasteiger partial charge in [-0.15, -0.1) is 0 Å². The number of hydrogen-bond donors (Lipinski definition) is 3. The third kappa shape index (κ3) is 6.63. The number of aliphatic hydroxyl groups excluding tert-OH is 1. The van der Waals surface area contributed by atoms with E-state index in [1.54, 1.807) is 24.3 Å². The van der Waals surface area contributed by atoms with E-state index in [9.17, 15) is 23.1 Å². The number of benzene rings is 2. The Bertz CT molecular complexity index is 1360. The smallest absolute Gasteiger partial charge is 0.287 e. The van der Waals surface area contributed by atoms with Gasteiger partial charge in [-0.2, -0.15) is 4.31 Å². The highest BCUT2D eigenvalue weighted by Gasteiger charge is 2.34. The van der Waals surface area contributed by atoms with Gasteiger partial charge in [0.2, 0.25) is 15.9 Å². The number of fused-ring (bicyclic) bond motifs is 1. The molecule has 2 amide bonds. The number of aliphatic hydroxyl groups is 1. The zero-order chi connectivity index (χ0) is 27.4. The van der Waals surface area contributed by atoms with Crippen molar-refractivity contribution in [2.24, 2.45) is 5.92 Å². The van der Waals surface area contributed by atoms with Gasteiger partial charge in [0, 0.05) is 22.9 Å². The summed E-state index contributed by atoms with van der Waals surface area (Å²) in [5, 5.41) is 17.3. The molecule has 2 heterocycles. The van der Waals surface area contributed by atoms with Gasteiger partial charge in [-0.05, 0) is 61.6 Å². The second-order valence-corrected chi connectivity index (χ2v) is 12.8. The zero-order valence-electron chi connectivity index (χ0n) is 21.3. The Morgan fingerprint density at radius 1 is 1.16 bits per heavy atom. The van der Waals surface area contributed by atoms with Crippen LogP contribution in [0.1, 0.15) is 43.7 Å². The van der Waals surface area contributed by atoms with Gasteiger partial charge in [-0.1, -0.05) is 48.0 Å². The van der Waals surface area contributed by atoms with E-state index >= 15 is 0 Å². The maximum absolute atomic E-state index is 13.3. The van der Waals surface area contributed by atoms with Crippen molar-refractivity contribution < 1.29 is 27.5 Å². The monoisotopic (exact) mass is 605 g/mol. The molecule has 11 heteroatoms. The van der Waals surface area contributed by atoms with E-state index in [0.717, 1.165) is 9.86 Å². The van der Waals surface area contributed by atoms with Crippen LogP contribution in [0.25, 0.3) is 11.0 Å². The molecule has 3 N–H and O–H groups in total. The average molecular weight is 607 g/mol. The summed E-state index contributed by atoms with van der Waals surface area (Å²) in [6, 6.07) is 13.7. The minimum Gasteiger partial charge on any atom is -0.451 e. The lowest BCUT2D eigenvalue weighted by Crippen LogP contribution is -2.54. The second-order valence-electron chi connectivity index (χ2n) is 9.95. The molecule has 38 heavy (non-hydrogen) atoms. The van der Waals surface area contributed by atoms with Crippen molar-refractivity contribution in [3.05, 3.63) is 64.8 Å². The number of hydrogen-bond acceptors (Lipinski definition) is 6. The molecule has 1 aromatic heterocycles. The molecule has 3 atom stereocenters. The van der Waals surface area contributed by atoms with Crippen LogP contribution >= 0.6 is 15.9 Å². The Kier molecular flexibility index (Phi) is 8.92. The number of β-amino-alcohol motifs (C(OH)–C–C–N with tert-alkyl or cyclic N) is 1. The first-order valence-corrected chi connectivity index (χ1v) is 14.8. The number of para-hydroxylation sites is 1. The summed E-state index contributed by atoms with van der Waals surface area (Å²) >= 11 is 3.30. The van der Waals surface area contributed by atoms with Gasteiger partial charge in [0.05, 0.1) is 17.0 Å². The summed E-state index contributed by atoms with van der Waals surface area (Å²) in [5.41, 5.74) is 0.576. The average Bonchev–Trinajstić information content (AvgIpc) is 3.22. The number of furan rings is 1. The van der Waals surface area contributed by atoms with E-state index in [4.69, 9.17) is 4.42 Å². The molecule has 0 radical (unpaired) electrons. The van der Waals surface area contributed by atoms with Gasteiger partial charge in [0.1, 0.15) is 11.6 Å². The molecule has 0 aliphatic carbocycles. The fraction of sp³-hybridized carbons (Fsp3) is 0.407. The van der Waals surface area contributed by atoms with E-state index in [1.807, 2.05) is 32.0 Å². The zero-order valence-corrected chi connectivity index (χ0v) is 23.7. The van der Waals surface area contributed by atoms with E-state index in [2.05, 4.69) is 26.6 Å². The Hall–Kier alpha value is -2.73. The van der Waals surface area contributed by atoms with Crippen LogP contribution in [0, 0.1) is 5.92 Å². The molecule has 1 aliphatic heterocycles. The molecule has 1 fully saturated rings. The van der Waals surface area contributed by atoms with E-state index in [1.165, 1.54) is 16.4 Å². The van der Waals surface area contributed by atoms with Gasteiger partial charge >= 0.3 is 0 Å². The predicted molar refractivity (Wildman–Crippen MR) is 147 cm³/mol. The number of carbonyl (C=O) groups excluding carboxylic acids is 2. The summed E-state index contributed by atoms with van der Waals surface area (Å²) in [7, 11) is -3.80. The largest absolute Gasteiger partial charge is 0.451 e. The van der Waals surface area contributed by atoms with Crippen LogP contribution in [0.3, 0.4) is 0 Å². The van der Waals surface area contributed by atoms with Crippen LogP contribution in [-0.4, -0.2) is 60.9 Å². The van der Waals surface area contributed by atoms with Gasteiger partial charge < -0.3 is 20.2 Å². The van der Waals surface area contributed by atoms with Crippen molar-refractivity contribution in [1.29, 1.82) is 0 Å². The van der Waals surface area contributed by atoms with Crippen LogP contribution in [0.4, 0.5) is 0 Å². The third-order valence-electron chi connectivity index (χ3n) is 6.54. The van der Waals surface area contributed by atoms with Crippen molar-refractivity contribution in [3.63, 3.8) is 0 Å². The molecule has 0 saturated carbocycles. The first kappa shape index (κ1) is 28.3. The van der Waals surface area contributed by atoms with Crippen LogP contribution in [-0.2, 0) is 14.8 Å². The topological polar surface area (TPSA) is 129 Å². The third-order valence-corrected chi connectivity index (χ3v) is 8.94. The number of halogens is 1. The lowest BCUT2D eigenvalue weighted by Gasteiger charge is -2.27. The molecule has 1 saturated heterocycles. The lowest BCUT2D eigenvalue weighted by atomic mass is 10.0. The molecule has 0 bridgehead atoms. The second kappa shape index (κ2) is 12.0. The Morgan fingerprint density at radius 2 is 1.87 bits per heavy atom. The van der Waals surface area contributed by atoms with Crippen molar-refractivity contribution in [2.45, 2.75) is 56.2 Å². The highest BCUT2D eigenvalue weighted by Crippen LogP contribution is 2.23. The SMILES string of the molecule is CC(C)C[C@H](NC(=O)c1cc2ccccc2o1)C(=O)NC1CCCN(S(=O)(=O)c2ccc(Br)cc2)CC1O. The molecule has 3 aromatic rings. The molecular weight excluding hydrogens is 574 g/mol. The number of carbonyl (C=O) groups is 2. The minimum atomic E-state index is -3.80. The predicted octanol–water partition coefficient (Wildman–Crippen LogP) is 3.67. The molecule has 2 unspecified atom stereocenters. The van der Waals surface area contributed by atoms with Crippen LogP contribution in [0.15, 0.2) is 68.4 Å². The van der Waals surface area contributed by atoms with E-state index < -0.39 is 40.0 Å². The van der Waals surface area contributed by atoms with Gasteiger partial charge in [0.15, 0.2) is 5.76 Å². The van der Waals surface area contributed by atoms with Crippen molar-refractivity contribution in [3.8, 4) is 0 Å². The first-order chi connectivity index (χ1) is 18.0.